The normalized spacial score (nSPS) is 10.8. The number of hydrogen-bond donors (Lipinski definition) is 0. The zero-order chi connectivity index (χ0) is 13.4. The first-order chi connectivity index (χ1) is 8.70. The highest BCUT2D eigenvalue weighted by Crippen LogP contribution is 1.83. The molecule has 0 aliphatic rings. The molecule has 0 unspecified atom stereocenters. The van der Waals surface area contributed by atoms with Gasteiger partial charge in [-0.3, -0.25) is 13.9 Å². The van der Waals surface area contributed by atoms with Crippen LogP contribution in [0.3, 0.4) is 0 Å². The molecule has 0 atom stereocenters. The number of rotatable bonds is 8. The third-order valence-electron chi connectivity index (χ3n) is 2.48. The molecule has 0 amide bonds. The summed E-state index contributed by atoms with van der Waals surface area (Å²) >= 11 is 0. The van der Waals surface area contributed by atoms with Gasteiger partial charge in [-0.1, -0.05) is 0 Å². The molecule has 0 aliphatic heterocycles. The second kappa shape index (κ2) is 7.84. The summed E-state index contributed by atoms with van der Waals surface area (Å²) in [5.41, 5.74) is -0.616. The summed E-state index contributed by atoms with van der Waals surface area (Å²) in [6.07, 6.45) is 1.50. The van der Waals surface area contributed by atoms with E-state index in [4.69, 9.17) is 9.47 Å². The van der Waals surface area contributed by atoms with Crippen molar-refractivity contribution >= 4 is 0 Å². The van der Waals surface area contributed by atoms with Crippen molar-refractivity contribution in [2.75, 3.05) is 26.4 Å². The molecule has 1 heterocycles. The zero-order valence-electron chi connectivity index (χ0n) is 10.9. The average Bonchev–Trinajstić information content (AvgIpc) is 2.36. The fourth-order valence-electron chi connectivity index (χ4n) is 1.54. The van der Waals surface area contributed by atoms with E-state index < -0.39 is 0 Å². The Labute approximate surface area is 106 Å². The number of aromatic nitrogens is 2. The third-order valence-corrected chi connectivity index (χ3v) is 2.48. The van der Waals surface area contributed by atoms with Crippen LogP contribution in [-0.4, -0.2) is 35.6 Å². The highest BCUT2D eigenvalue weighted by molar-refractivity contribution is 4.86. The molecule has 1 rings (SSSR count). The standard InChI is InChI=1S/C12H20N2O4/c1-3-17-9-7-13-6-5-11(15)14(12(13)16)8-10-18-4-2/h5-6H,3-4,7-10H2,1-2H3. The minimum absolute atomic E-state index is 0.279. The molecule has 0 bridgehead atoms. The van der Waals surface area contributed by atoms with E-state index in [0.29, 0.717) is 33.0 Å². The van der Waals surface area contributed by atoms with E-state index in [1.807, 2.05) is 13.8 Å². The minimum atomic E-state index is -0.318. The van der Waals surface area contributed by atoms with Crippen LogP contribution in [0, 0.1) is 0 Å². The first-order valence-corrected chi connectivity index (χ1v) is 6.16. The molecule has 102 valence electrons. The van der Waals surface area contributed by atoms with Gasteiger partial charge in [-0.25, -0.2) is 4.79 Å². The monoisotopic (exact) mass is 256 g/mol. The van der Waals surface area contributed by atoms with Crippen LogP contribution in [0.2, 0.25) is 0 Å². The lowest BCUT2D eigenvalue weighted by Gasteiger charge is -2.09. The fraction of sp³-hybridized carbons (Fsp3) is 0.667. The Morgan fingerprint density at radius 2 is 1.67 bits per heavy atom. The Morgan fingerprint density at radius 3 is 2.28 bits per heavy atom. The molecule has 0 spiro atoms. The lowest BCUT2D eigenvalue weighted by atomic mass is 10.5. The molecule has 0 aliphatic carbocycles. The van der Waals surface area contributed by atoms with E-state index in [9.17, 15) is 9.59 Å². The largest absolute Gasteiger partial charge is 0.380 e. The van der Waals surface area contributed by atoms with E-state index in [1.165, 1.54) is 21.4 Å². The molecule has 6 nitrogen and oxygen atoms in total. The van der Waals surface area contributed by atoms with E-state index >= 15 is 0 Å². The molecule has 1 aromatic rings. The van der Waals surface area contributed by atoms with Crippen LogP contribution in [0.25, 0.3) is 0 Å². The van der Waals surface area contributed by atoms with Crippen LogP contribution in [0.15, 0.2) is 21.9 Å². The van der Waals surface area contributed by atoms with Crippen molar-refractivity contribution in [2.45, 2.75) is 26.9 Å². The summed E-state index contributed by atoms with van der Waals surface area (Å²) in [4.78, 5) is 23.6. The molecular weight excluding hydrogens is 236 g/mol. The molecule has 6 heteroatoms. The first-order valence-electron chi connectivity index (χ1n) is 6.16. The van der Waals surface area contributed by atoms with Gasteiger partial charge in [-0.05, 0) is 13.8 Å². The molecular formula is C12H20N2O4. The van der Waals surface area contributed by atoms with Gasteiger partial charge in [0.05, 0.1) is 26.3 Å². The average molecular weight is 256 g/mol. The molecule has 0 saturated heterocycles. The lowest BCUT2D eigenvalue weighted by molar-refractivity contribution is 0.132. The molecule has 0 saturated carbocycles. The van der Waals surface area contributed by atoms with Gasteiger partial charge in [0, 0.05) is 25.5 Å². The number of ether oxygens (including phenoxy) is 2. The van der Waals surface area contributed by atoms with Crippen molar-refractivity contribution < 1.29 is 9.47 Å². The molecule has 1 aromatic heterocycles. The third kappa shape index (κ3) is 4.12. The van der Waals surface area contributed by atoms with Crippen molar-refractivity contribution in [1.82, 2.24) is 9.13 Å². The van der Waals surface area contributed by atoms with Crippen LogP contribution in [0.1, 0.15) is 13.8 Å². The Hall–Kier alpha value is -1.40. The Balaban J connectivity index is 2.79. The van der Waals surface area contributed by atoms with Crippen molar-refractivity contribution in [3.05, 3.63) is 33.1 Å². The van der Waals surface area contributed by atoms with Crippen LogP contribution >= 0.6 is 0 Å². The van der Waals surface area contributed by atoms with Gasteiger partial charge < -0.3 is 9.47 Å². The Kier molecular flexibility index (Phi) is 6.38. The smallest absolute Gasteiger partial charge is 0.331 e. The van der Waals surface area contributed by atoms with E-state index in [-0.39, 0.29) is 17.8 Å². The van der Waals surface area contributed by atoms with Gasteiger partial charge in [0.15, 0.2) is 0 Å². The van der Waals surface area contributed by atoms with Crippen LogP contribution in [-0.2, 0) is 22.6 Å². The van der Waals surface area contributed by atoms with Gasteiger partial charge in [0.1, 0.15) is 0 Å². The lowest BCUT2D eigenvalue weighted by Crippen LogP contribution is -2.40. The van der Waals surface area contributed by atoms with Crippen molar-refractivity contribution in [3.63, 3.8) is 0 Å². The predicted octanol–water partition coefficient (Wildman–Crippen LogP) is 0.0830. The zero-order valence-corrected chi connectivity index (χ0v) is 10.9. The van der Waals surface area contributed by atoms with Crippen LogP contribution < -0.4 is 11.2 Å². The van der Waals surface area contributed by atoms with Crippen LogP contribution in [0.4, 0.5) is 0 Å². The SMILES string of the molecule is CCOCCn1ccc(=O)n(CCOCC)c1=O. The van der Waals surface area contributed by atoms with Gasteiger partial charge >= 0.3 is 5.69 Å². The maximum atomic E-state index is 12.0. The summed E-state index contributed by atoms with van der Waals surface area (Å²) in [6.45, 7) is 6.49. The summed E-state index contributed by atoms with van der Waals surface area (Å²) in [5, 5.41) is 0. The molecule has 0 aromatic carbocycles. The highest BCUT2D eigenvalue weighted by atomic mass is 16.5. The molecule has 0 radical (unpaired) electrons. The number of nitrogens with zero attached hydrogens (tertiary/aromatic N) is 2. The minimum Gasteiger partial charge on any atom is -0.380 e. The highest BCUT2D eigenvalue weighted by Gasteiger charge is 2.04. The van der Waals surface area contributed by atoms with Gasteiger partial charge in [0.25, 0.3) is 5.56 Å². The predicted molar refractivity (Wildman–Crippen MR) is 67.9 cm³/mol. The van der Waals surface area contributed by atoms with Crippen LogP contribution in [0.5, 0.6) is 0 Å². The summed E-state index contributed by atoms with van der Waals surface area (Å²) < 4.78 is 13.0. The Morgan fingerprint density at radius 1 is 1.06 bits per heavy atom. The quantitative estimate of drug-likeness (QED) is 0.618. The van der Waals surface area contributed by atoms with E-state index in [0.717, 1.165) is 0 Å². The van der Waals surface area contributed by atoms with Gasteiger partial charge in [-0.15, -0.1) is 0 Å². The van der Waals surface area contributed by atoms with Gasteiger partial charge in [0.2, 0.25) is 0 Å². The van der Waals surface area contributed by atoms with Crippen molar-refractivity contribution in [2.24, 2.45) is 0 Å². The Bertz CT molecular complexity index is 464. The van der Waals surface area contributed by atoms with Gasteiger partial charge in [-0.2, -0.15) is 0 Å². The number of hydrogen-bond acceptors (Lipinski definition) is 4. The summed E-state index contributed by atoms with van der Waals surface area (Å²) in [6, 6.07) is 1.39. The topological polar surface area (TPSA) is 62.5 Å². The van der Waals surface area contributed by atoms with Crippen molar-refractivity contribution in [1.29, 1.82) is 0 Å². The second-order valence-electron chi connectivity index (χ2n) is 3.68. The second-order valence-corrected chi connectivity index (χ2v) is 3.68. The fourth-order valence-corrected chi connectivity index (χ4v) is 1.54. The first kappa shape index (κ1) is 14.7. The maximum Gasteiger partial charge on any atom is 0.331 e. The summed E-state index contributed by atoms with van der Waals surface area (Å²) in [5.74, 6) is 0. The maximum absolute atomic E-state index is 12.0. The van der Waals surface area contributed by atoms with Crippen molar-refractivity contribution in [3.8, 4) is 0 Å². The summed E-state index contributed by atoms with van der Waals surface area (Å²) in [7, 11) is 0. The van der Waals surface area contributed by atoms with E-state index in [2.05, 4.69) is 0 Å². The molecule has 0 fully saturated rings. The molecule has 18 heavy (non-hydrogen) atoms. The van der Waals surface area contributed by atoms with E-state index in [1.54, 1.807) is 0 Å². The molecule has 0 N–H and O–H groups in total.